The van der Waals surface area contributed by atoms with E-state index in [0.29, 0.717) is 12.6 Å². The number of benzene rings is 2. The predicted molar refractivity (Wildman–Crippen MR) is 108 cm³/mol. The molecule has 4 heteroatoms. The van der Waals surface area contributed by atoms with Crippen molar-refractivity contribution in [2.24, 2.45) is 0 Å². The van der Waals surface area contributed by atoms with Crippen LogP contribution >= 0.6 is 0 Å². The number of carbonyl (C=O) groups is 1. The van der Waals surface area contributed by atoms with E-state index in [4.69, 9.17) is 4.74 Å². The van der Waals surface area contributed by atoms with Crippen molar-refractivity contribution in [1.82, 2.24) is 10.2 Å². The Morgan fingerprint density at radius 2 is 1.70 bits per heavy atom. The number of amides is 1. The monoisotopic (exact) mass is 366 g/mol. The molecule has 1 amide bonds. The van der Waals surface area contributed by atoms with Gasteiger partial charge in [0.25, 0.3) is 0 Å². The third-order valence-corrected chi connectivity index (χ3v) is 4.85. The molecule has 0 saturated carbocycles. The molecule has 0 radical (unpaired) electrons. The van der Waals surface area contributed by atoms with Crippen LogP contribution in [0.2, 0.25) is 0 Å². The van der Waals surface area contributed by atoms with Crippen LogP contribution in [0.3, 0.4) is 0 Å². The van der Waals surface area contributed by atoms with Crippen LogP contribution in [-0.2, 0) is 11.3 Å². The number of hydrogen-bond donors (Lipinski definition) is 1. The van der Waals surface area contributed by atoms with E-state index in [1.165, 1.54) is 5.56 Å². The molecule has 2 aromatic rings. The fraction of sp³-hybridized carbons (Fsp3) is 0.435. The van der Waals surface area contributed by atoms with E-state index >= 15 is 0 Å². The van der Waals surface area contributed by atoms with Crippen molar-refractivity contribution >= 4 is 6.09 Å². The van der Waals surface area contributed by atoms with Crippen molar-refractivity contribution in [2.75, 3.05) is 6.54 Å². The summed E-state index contributed by atoms with van der Waals surface area (Å²) in [4.78, 5) is 14.7. The zero-order chi connectivity index (χ0) is 19.3. The minimum Gasteiger partial charge on any atom is -0.444 e. The molecule has 4 nitrogen and oxygen atoms in total. The van der Waals surface area contributed by atoms with E-state index in [2.05, 4.69) is 41.7 Å². The van der Waals surface area contributed by atoms with E-state index in [0.717, 1.165) is 24.9 Å². The van der Waals surface area contributed by atoms with Gasteiger partial charge in [0.05, 0.1) is 6.04 Å². The zero-order valence-corrected chi connectivity index (χ0v) is 16.5. The molecule has 1 unspecified atom stereocenters. The third-order valence-electron chi connectivity index (χ3n) is 4.85. The average molecular weight is 367 g/mol. The number of likely N-dealkylation sites (tertiary alicyclic amines) is 1. The Morgan fingerprint density at radius 3 is 2.33 bits per heavy atom. The number of ether oxygens (including phenoxy) is 1. The minimum absolute atomic E-state index is 0.0306. The van der Waals surface area contributed by atoms with Crippen molar-refractivity contribution in [2.45, 2.75) is 57.8 Å². The first-order valence-corrected chi connectivity index (χ1v) is 9.74. The van der Waals surface area contributed by atoms with E-state index in [1.54, 1.807) is 0 Å². The van der Waals surface area contributed by atoms with Crippen molar-refractivity contribution in [3.63, 3.8) is 0 Å². The molecule has 144 valence electrons. The summed E-state index contributed by atoms with van der Waals surface area (Å²) in [6, 6.07) is 21.1. The van der Waals surface area contributed by atoms with Gasteiger partial charge in [0.1, 0.15) is 5.60 Å². The highest BCUT2D eigenvalue weighted by Crippen LogP contribution is 2.32. The molecule has 0 spiro atoms. The van der Waals surface area contributed by atoms with E-state index < -0.39 is 5.60 Å². The molecule has 2 aromatic carbocycles. The van der Waals surface area contributed by atoms with E-state index in [1.807, 2.05) is 49.9 Å². The van der Waals surface area contributed by atoms with Gasteiger partial charge < -0.3 is 15.0 Å². The molecule has 1 saturated heterocycles. The summed E-state index contributed by atoms with van der Waals surface area (Å²) >= 11 is 0. The number of nitrogens with zero attached hydrogens (tertiary/aromatic N) is 1. The number of piperidine rings is 1. The number of nitrogens with one attached hydrogen (secondary N) is 1. The Bertz CT molecular complexity index is 725. The largest absolute Gasteiger partial charge is 0.444 e. The first-order valence-electron chi connectivity index (χ1n) is 9.74. The Labute approximate surface area is 162 Å². The van der Waals surface area contributed by atoms with Gasteiger partial charge in [0.2, 0.25) is 0 Å². The van der Waals surface area contributed by atoms with Crippen molar-refractivity contribution < 1.29 is 9.53 Å². The van der Waals surface area contributed by atoms with Crippen LogP contribution in [0.1, 0.15) is 50.8 Å². The summed E-state index contributed by atoms with van der Waals surface area (Å²) in [5.74, 6) is 0. The molecule has 1 aliphatic rings. The standard InChI is InChI=1S/C23H30N2O2/c1-23(2,3)27-22(26)25-15-14-20(24-17-18-10-6-4-7-11-18)16-21(25)19-12-8-5-9-13-19/h4-13,20-21,24H,14-17H2,1-3H3/t20?,21-/m0/s1. The topological polar surface area (TPSA) is 41.6 Å². The predicted octanol–water partition coefficient (Wildman–Crippen LogP) is 4.92. The Hall–Kier alpha value is -2.33. The van der Waals surface area contributed by atoms with Gasteiger partial charge in [0.15, 0.2) is 0 Å². The Kier molecular flexibility index (Phi) is 6.17. The fourth-order valence-electron chi connectivity index (χ4n) is 3.54. The van der Waals surface area contributed by atoms with Crippen LogP contribution in [0, 0.1) is 0 Å². The number of rotatable bonds is 4. The lowest BCUT2D eigenvalue weighted by Gasteiger charge is -2.40. The van der Waals surface area contributed by atoms with Gasteiger partial charge in [-0.3, -0.25) is 0 Å². The lowest BCUT2D eigenvalue weighted by Crippen LogP contribution is -2.48. The molecule has 0 aliphatic carbocycles. The molecule has 1 aliphatic heterocycles. The third kappa shape index (κ3) is 5.57. The molecular weight excluding hydrogens is 336 g/mol. The lowest BCUT2D eigenvalue weighted by atomic mass is 9.92. The maximum absolute atomic E-state index is 12.8. The van der Waals surface area contributed by atoms with E-state index in [9.17, 15) is 4.79 Å². The maximum atomic E-state index is 12.8. The molecular formula is C23H30N2O2. The molecule has 1 heterocycles. The molecule has 0 aromatic heterocycles. The van der Waals surface area contributed by atoms with Crippen LogP contribution in [0.4, 0.5) is 4.79 Å². The molecule has 2 atom stereocenters. The lowest BCUT2D eigenvalue weighted by molar-refractivity contribution is 0.00652. The van der Waals surface area contributed by atoms with Gasteiger partial charge in [-0.15, -0.1) is 0 Å². The highest BCUT2D eigenvalue weighted by molar-refractivity contribution is 5.69. The highest BCUT2D eigenvalue weighted by atomic mass is 16.6. The zero-order valence-electron chi connectivity index (χ0n) is 16.5. The van der Waals surface area contributed by atoms with E-state index in [-0.39, 0.29) is 12.1 Å². The number of carbonyl (C=O) groups excluding carboxylic acids is 1. The Morgan fingerprint density at radius 1 is 1.07 bits per heavy atom. The average Bonchev–Trinajstić information content (AvgIpc) is 2.66. The first kappa shape index (κ1) is 19.4. The van der Waals surface area contributed by atoms with Crippen LogP contribution in [0.5, 0.6) is 0 Å². The maximum Gasteiger partial charge on any atom is 0.410 e. The first-order chi connectivity index (χ1) is 12.9. The summed E-state index contributed by atoms with van der Waals surface area (Å²) in [6.45, 7) is 7.28. The Balaban J connectivity index is 1.70. The molecule has 3 rings (SSSR count). The summed E-state index contributed by atoms with van der Waals surface area (Å²) < 4.78 is 5.66. The molecule has 1 N–H and O–H groups in total. The summed E-state index contributed by atoms with van der Waals surface area (Å²) in [7, 11) is 0. The molecule has 1 fully saturated rings. The second-order valence-electron chi connectivity index (χ2n) is 8.19. The van der Waals surface area contributed by atoms with Gasteiger partial charge in [-0.05, 0) is 44.7 Å². The van der Waals surface area contributed by atoms with Gasteiger partial charge in [-0.2, -0.15) is 0 Å². The summed E-state index contributed by atoms with van der Waals surface area (Å²) in [5.41, 5.74) is 1.96. The van der Waals surface area contributed by atoms with Gasteiger partial charge in [0, 0.05) is 19.1 Å². The van der Waals surface area contributed by atoms with Crippen molar-refractivity contribution in [1.29, 1.82) is 0 Å². The number of hydrogen-bond acceptors (Lipinski definition) is 3. The summed E-state index contributed by atoms with van der Waals surface area (Å²) in [6.07, 6.45) is 1.59. The van der Waals surface area contributed by atoms with Gasteiger partial charge in [-0.25, -0.2) is 4.79 Å². The second kappa shape index (κ2) is 8.57. The summed E-state index contributed by atoms with van der Waals surface area (Å²) in [5, 5.41) is 3.67. The van der Waals surface area contributed by atoms with Crippen LogP contribution in [0.25, 0.3) is 0 Å². The fourth-order valence-corrected chi connectivity index (χ4v) is 3.54. The smallest absolute Gasteiger partial charge is 0.410 e. The van der Waals surface area contributed by atoms with Crippen LogP contribution in [-0.4, -0.2) is 29.2 Å². The highest BCUT2D eigenvalue weighted by Gasteiger charge is 2.34. The molecule has 0 bridgehead atoms. The quantitative estimate of drug-likeness (QED) is 0.835. The van der Waals surface area contributed by atoms with Crippen molar-refractivity contribution in [3.05, 3.63) is 71.8 Å². The minimum atomic E-state index is -0.485. The molecule has 27 heavy (non-hydrogen) atoms. The van der Waals surface area contributed by atoms with Crippen LogP contribution < -0.4 is 5.32 Å². The van der Waals surface area contributed by atoms with Gasteiger partial charge >= 0.3 is 6.09 Å². The van der Waals surface area contributed by atoms with Crippen LogP contribution in [0.15, 0.2) is 60.7 Å². The van der Waals surface area contributed by atoms with Gasteiger partial charge in [-0.1, -0.05) is 60.7 Å². The second-order valence-corrected chi connectivity index (χ2v) is 8.19. The normalized spacial score (nSPS) is 20.3. The van der Waals surface area contributed by atoms with Crippen molar-refractivity contribution in [3.8, 4) is 0 Å². The SMILES string of the molecule is CC(C)(C)OC(=O)N1CCC(NCc2ccccc2)C[C@H]1c1ccccc1.